The molecule has 0 aliphatic carbocycles. The maximum absolute atomic E-state index is 13.7. The molecule has 4 heteroatoms. The smallest absolute Gasteiger partial charge is 0.126 e. The van der Waals surface area contributed by atoms with Crippen molar-refractivity contribution in [1.29, 1.82) is 0 Å². The van der Waals surface area contributed by atoms with Crippen LogP contribution < -0.4 is 10.6 Å². The molecule has 0 spiro atoms. The Morgan fingerprint density at radius 2 is 2.21 bits per heavy atom. The van der Waals surface area contributed by atoms with E-state index in [9.17, 15) is 4.39 Å². The van der Waals surface area contributed by atoms with E-state index in [0.29, 0.717) is 5.56 Å². The number of nitrogens with zero attached hydrogens (tertiary/aromatic N) is 1. The molecule has 2 unspecified atom stereocenters. The summed E-state index contributed by atoms with van der Waals surface area (Å²) in [5, 5.41) is 0. The van der Waals surface area contributed by atoms with Gasteiger partial charge < -0.3 is 15.4 Å². The van der Waals surface area contributed by atoms with Crippen molar-refractivity contribution in [2.75, 3.05) is 25.1 Å². The molecule has 0 bridgehead atoms. The zero-order valence-corrected chi connectivity index (χ0v) is 11.9. The molecule has 1 aliphatic heterocycles. The first-order valence-corrected chi connectivity index (χ1v) is 6.86. The van der Waals surface area contributed by atoms with Gasteiger partial charge in [0.1, 0.15) is 5.82 Å². The number of anilines is 1. The lowest BCUT2D eigenvalue weighted by Gasteiger charge is -2.35. The van der Waals surface area contributed by atoms with Gasteiger partial charge in [0.25, 0.3) is 0 Å². The number of piperidine rings is 1. The molecular formula is C15H23FN2O. The second kappa shape index (κ2) is 5.88. The molecule has 3 nitrogen and oxygen atoms in total. The molecule has 2 atom stereocenters. The SMILES string of the molecule is COC1CCCN(c2cc(C)c(F)cc2C(C)N)C1. The summed E-state index contributed by atoms with van der Waals surface area (Å²) in [6.45, 7) is 5.51. The van der Waals surface area contributed by atoms with Crippen molar-refractivity contribution in [3.63, 3.8) is 0 Å². The van der Waals surface area contributed by atoms with Crippen LogP contribution in [0.1, 0.15) is 36.9 Å². The van der Waals surface area contributed by atoms with Crippen LogP contribution in [0.4, 0.5) is 10.1 Å². The van der Waals surface area contributed by atoms with Crippen LogP contribution in [0, 0.1) is 12.7 Å². The molecule has 1 aromatic rings. The van der Waals surface area contributed by atoms with Gasteiger partial charge in [0.05, 0.1) is 6.10 Å². The van der Waals surface area contributed by atoms with Gasteiger partial charge in [0.15, 0.2) is 0 Å². The van der Waals surface area contributed by atoms with Crippen LogP contribution in [0.5, 0.6) is 0 Å². The molecule has 106 valence electrons. The molecule has 2 N–H and O–H groups in total. The Balaban J connectivity index is 2.34. The molecule has 19 heavy (non-hydrogen) atoms. The summed E-state index contributed by atoms with van der Waals surface area (Å²) < 4.78 is 19.2. The van der Waals surface area contributed by atoms with E-state index in [1.54, 1.807) is 20.1 Å². The molecule has 1 aliphatic rings. The van der Waals surface area contributed by atoms with Crippen molar-refractivity contribution in [2.45, 2.75) is 38.8 Å². The first kappa shape index (κ1) is 14.3. The third kappa shape index (κ3) is 3.07. The zero-order valence-electron chi connectivity index (χ0n) is 11.9. The third-order valence-corrected chi connectivity index (χ3v) is 3.85. The van der Waals surface area contributed by atoms with Crippen LogP contribution in [-0.4, -0.2) is 26.3 Å². The van der Waals surface area contributed by atoms with Gasteiger partial charge in [-0.25, -0.2) is 4.39 Å². The maximum atomic E-state index is 13.7. The van der Waals surface area contributed by atoms with E-state index in [1.807, 2.05) is 13.0 Å². The largest absolute Gasteiger partial charge is 0.380 e. The summed E-state index contributed by atoms with van der Waals surface area (Å²) in [6, 6.07) is 3.31. The van der Waals surface area contributed by atoms with Gasteiger partial charge in [0.2, 0.25) is 0 Å². The number of rotatable bonds is 3. The molecule has 1 fully saturated rings. The highest BCUT2D eigenvalue weighted by atomic mass is 19.1. The Bertz CT molecular complexity index is 448. The average molecular weight is 266 g/mol. The zero-order chi connectivity index (χ0) is 14.0. The lowest BCUT2D eigenvalue weighted by atomic mass is 10.00. The van der Waals surface area contributed by atoms with E-state index in [1.165, 1.54) is 0 Å². The Kier molecular flexibility index (Phi) is 4.42. The van der Waals surface area contributed by atoms with E-state index in [2.05, 4.69) is 4.90 Å². The van der Waals surface area contributed by atoms with Gasteiger partial charge in [-0.1, -0.05) is 0 Å². The van der Waals surface area contributed by atoms with Gasteiger partial charge in [0, 0.05) is 31.9 Å². The van der Waals surface area contributed by atoms with Gasteiger partial charge in [-0.2, -0.15) is 0 Å². The summed E-state index contributed by atoms with van der Waals surface area (Å²) in [7, 11) is 1.75. The van der Waals surface area contributed by atoms with E-state index in [4.69, 9.17) is 10.5 Å². The van der Waals surface area contributed by atoms with Crippen LogP contribution in [0.2, 0.25) is 0 Å². The Morgan fingerprint density at radius 1 is 1.47 bits per heavy atom. The highest BCUT2D eigenvalue weighted by molar-refractivity contribution is 5.57. The van der Waals surface area contributed by atoms with Gasteiger partial charge in [-0.3, -0.25) is 0 Å². The first-order valence-electron chi connectivity index (χ1n) is 6.86. The fourth-order valence-electron chi connectivity index (χ4n) is 2.67. The van der Waals surface area contributed by atoms with Gasteiger partial charge >= 0.3 is 0 Å². The van der Waals surface area contributed by atoms with E-state index >= 15 is 0 Å². The van der Waals surface area contributed by atoms with E-state index in [-0.39, 0.29) is 18.0 Å². The van der Waals surface area contributed by atoms with E-state index < -0.39 is 0 Å². The number of hydrogen-bond acceptors (Lipinski definition) is 3. The first-order chi connectivity index (χ1) is 9.02. The van der Waals surface area contributed by atoms with Crippen molar-refractivity contribution in [3.05, 3.63) is 29.1 Å². The monoisotopic (exact) mass is 266 g/mol. The molecule has 1 saturated heterocycles. The second-order valence-electron chi connectivity index (χ2n) is 5.39. The van der Waals surface area contributed by atoms with Crippen molar-refractivity contribution >= 4 is 5.69 Å². The predicted octanol–water partition coefficient (Wildman–Crippen LogP) is 2.77. The lowest BCUT2D eigenvalue weighted by Crippen LogP contribution is -2.40. The predicted molar refractivity (Wildman–Crippen MR) is 76.0 cm³/mol. The fourth-order valence-corrected chi connectivity index (χ4v) is 2.67. The lowest BCUT2D eigenvalue weighted by molar-refractivity contribution is 0.0893. The Morgan fingerprint density at radius 3 is 2.84 bits per heavy atom. The topological polar surface area (TPSA) is 38.5 Å². The minimum atomic E-state index is -0.184. The molecule has 0 radical (unpaired) electrons. The Hall–Kier alpha value is -1.13. The summed E-state index contributed by atoms with van der Waals surface area (Å²) in [5.41, 5.74) is 8.57. The van der Waals surface area contributed by atoms with Crippen LogP contribution in [-0.2, 0) is 4.74 Å². The molecule has 0 amide bonds. The number of hydrogen-bond donors (Lipinski definition) is 1. The minimum Gasteiger partial charge on any atom is -0.380 e. The number of ether oxygens (including phenoxy) is 1. The highest BCUT2D eigenvalue weighted by Crippen LogP contribution is 2.30. The number of nitrogens with two attached hydrogens (primary N) is 1. The summed E-state index contributed by atoms with van der Waals surface area (Å²) >= 11 is 0. The molecule has 1 aromatic carbocycles. The van der Waals surface area contributed by atoms with Crippen molar-refractivity contribution in [2.24, 2.45) is 5.73 Å². The maximum Gasteiger partial charge on any atom is 0.126 e. The number of halogens is 1. The highest BCUT2D eigenvalue weighted by Gasteiger charge is 2.23. The van der Waals surface area contributed by atoms with Crippen LogP contribution in [0.3, 0.4) is 0 Å². The number of methoxy groups -OCH3 is 1. The molecule has 2 rings (SSSR count). The van der Waals surface area contributed by atoms with E-state index in [0.717, 1.165) is 37.2 Å². The second-order valence-corrected chi connectivity index (χ2v) is 5.39. The van der Waals surface area contributed by atoms with Crippen molar-refractivity contribution in [1.82, 2.24) is 0 Å². The normalized spacial score (nSPS) is 21.5. The van der Waals surface area contributed by atoms with Crippen molar-refractivity contribution < 1.29 is 9.13 Å². The standard InChI is InChI=1S/C15H23FN2O/c1-10-7-15(13(11(2)17)8-14(10)16)18-6-4-5-12(9-18)19-3/h7-8,11-12H,4-6,9,17H2,1-3H3. The fraction of sp³-hybridized carbons (Fsp3) is 0.600. The van der Waals surface area contributed by atoms with Gasteiger partial charge in [-0.15, -0.1) is 0 Å². The summed E-state index contributed by atoms with van der Waals surface area (Å²) in [5.74, 6) is -0.184. The van der Waals surface area contributed by atoms with Crippen molar-refractivity contribution in [3.8, 4) is 0 Å². The Labute approximate surface area is 114 Å². The van der Waals surface area contributed by atoms with Crippen LogP contribution in [0.25, 0.3) is 0 Å². The van der Waals surface area contributed by atoms with Crippen LogP contribution >= 0.6 is 0 Å². The molecular weight excluding hydrogens is 243 g/mol. The number of aryl methyl sites for hydroxylation is 1. The minimum absolute atomic E-state index is 0.173. The summed E-state index contributed by atoms with van der Waals surface area (Å²) in [4.78, 5) is 2.27. The molecule has 0 saturated carbocycles. The third-order valence-electron chi connectivity index (χ3n) is 3.85. The average Bonchev–Trinajstić information content (AvgIpc) is 2.41. The molecule has 1 heterocycles. The summed E-state index contributed by atoms with van der Waals surface area (Å²) in [6.07, 6.45) is 2.42. The number of benzene rings is 1. The van der Waals surface area contributed by atoms with Crippen LogP contribution in [0.15, 0.2) is 12.1 Å². The quantitative estimate of drug-likeness (QED) is 0.914. The van der Waals surface area contributed by atoms with Gasteiger partial charge in [-0.05, 0) is 49.9 Å². The molecule has 0 aromatic heterocycles.